The van der Waals surface area contributed by atoms with Crippen LogP contribution in [0.1, 0.15) is 88.8 Å². The van der Waals surface area contributed by atoms with Gasteiger partial charge in [0.15, 0.2) is 0 Å². The predicted molar refractivity (Wildman–Crippen MR) is 160 cm³/mol. The summed E-state index contributed by atoms with van der Waals surface area (Å²) in [7, 11) is 0. The third-order valence-electron chi connectivity index (χ3n) is 8.97. The summed E-state index contributed by atoms with van der Waals surface area (Å²) in [6.45, 7) is 7.62. The van der Waals surface area contributed by atoms with Gasteiger partial charge in [0.25, 0.3) is 0 Å². The van der Waals surface area contributed by atoms with Crippen LogP contribution >= 0.6 is 0 Å². The molecule has 41 heavy (non-hydrogen) atoms. The van der Waals surface area contributed by atoms with Crippen molar-refractivity contribution in [2.24, 2.45) is 0 Å². The quantitative estimate of drug-likeness (QED) is 0.182. The molecule has 3 rings (SSSR count). The molecule has 4 nitrogen and oxygen atoms in total. The van der Waals surface area contributed by atoms with E-state index in [2.05, 4.69) is 26.8 Å². The molecular formula is C33H47F3NO3Sn-. The van der Waals surface area contributed by atoms with Crippen molar-refractivity contribution < 1.29 is 27.8 Å². The van der Waals surface area contributed by atoms with Gasteiger partial charge in [-0.3, -0.25) is 0 Å². The zero-order valence-corrected chi connectivity index (χ0v) is 27.9. The third-order valence-corrected chi connectivity index (χ3v) is 24.5. The van der Waals surface area contributed by atoms with Crippen molar-refractivity contribution >= 4 is 28.0 Å². The van der Waals surface area contributed by atoms with Gasteiger partial charge in [-0.1, -0.05) is 0 Å². The number of carbonyl (C=O) groups is 1. The number of benzene rings is 2. The monoisotopic (exact) mass is 682 g/mol. The molecule has 0 atom stereocenters. The van der Waals surface area contributed by atoms with Gasteiger partial charge in [0, 0.05) is 0 Å². The molecule has 228 valence electrons. The van der Waals surface area contributed by atoms with Crippen LogP contribution in [0.3, 0.4) is 0 Å². The number of unbranched alkanes of at least 4 members (excludes halogenated alkanes) is 3. The second kappa shape index (κ2) is 15.6. The van der Waals surface area contributed by atoms with Crippen molar-refractivity contribution in [2.75, 3.05) is 19.7 Å². The first kappa shape index (κ1) is 33.8. The molecule has 1 aliphatic rings. The van der Waals surface area contributed by atoms with Crippen molar-refractivity contribution in [1.82, 2.24) is 4.90 Å². The summed E-state index contributed by atoms with van der Waals surface area (Å²) >= 11 is -3.12. The maximum atomic E-state index is 14.2. The van der Waals surface area contributed by atoms with E-state index in [0.29, 0.717) is 38.1 Å². The van der Waals surface area contributed by atoms with Crippen molar-refractivity contribution in [3.63, 3.8) is 0 Å². The first-order chi connectivity index (χ1) is 19.6. The summed E-state index contributed by atoms with van der Waals surface area (Å²) in [4.78, 5) is 12.7. The standard InChI is InChI=1S/C21H21F3NO3.3C4H9.Sn/c22-21(23,24)18-8-4-5-16(13-18)14-28-15-20(17-6-2-1-3-7-17)9-11-25(12-10-20)19(26)27;3*1-3-4-2;/h1-3,5-8,13H,9-12,14-15H2,(H,26,27);3*1,3-4H2,2H3;/p-1. The minimum absolute atomic E-state index is 0.104. The van der Waals surface area contributed by atoms with E-state index in [0.717, 1.165) is 61.0 Å². The number of nitrogens with zero attached hydrogens (tertiary/aromatic N) is 1. The number of likely N-dealkylation sites (tertiary alicyclic amines) is 1. The van der Waals surface area contributed by atoms with E-state index in [-0.39, 0.29) is 6.61 Å². The molecule has 1 heterocycles. The summed E-state index contributed by atoms with van der Waals surface area (Å²) in [5.74, 6) is 0. The van der Waals surface area contributed by atoms with Crippen LogP contribution in [-0.4, -0.2) is 49.1 Å². The number of carboxylic acid groups (broad SMARTS) is 1. The SMILES string of the molecule is CCC[CH2][Sn]([CH2]CCC)([CH2]CCC)[c]1cc(COCC2(c3ccccc3)CCN(C(=O)[O-])CC2)cc(C(F)(F)F)c1. The van der Waals surface area contributed by atoms with Gasteiger partial charge in [0.05, 0.1) is 0 Å². The molecule has 2 aromatic carbocycles. The van der Waals surface area contributed by atoms with Crippen LogP contribution in [0.25, 0.3) is 0 Å². The van der Waals surface area contributed by atoms with E-state index >= 15 is 0 Å². The summed E-state index contributed by atoms with van der Waals surface area (Å²) < 4.78 is 53.2. The van der Waals surface area contributed by atoms with E-state index in [4.69, 9.17) is 4.74 Å². The summed E-state index contributed by atoms with van der Waals surface area (Å²) in [6.07, 6.45) is 1.97. The van der Waals surface area contributed by atoms with Crippen molar-refractivity contribution in [2.45, 2.75) is 104 Å². The summed E-state index contributed by atoms with van der Waals surface area (Å²) in [5.41, 5.74) is 0.705. The number of hydrogen-bond acceptors (Lipinski definition) is 3. The van der Waals surface area contributed by atoms with Gasteiger partial charge in [0.2, 0.25) is 0 Å². The number of rotatable bonds is 15. The van der Waals surface area contributed by atoms with Crippen LogP contribution in [0.15, 0.2) is 48.5 Å². The number of carbonyl (C=O) groups excluding carboxylic acids is 1. The van der Waals surface area contributed by atoms with Gasteiger partial charge in [-0.05, 0) is 0 Å². The average Bonchev–Trinajstić information content (AvgIpc) is 2.97. The molecule has 0 N–H and O–H groups in total. The Bertz CT molecular complexity index is 1060. The number of hydrogen-bond donors (Lipinski definition) is 0. The zero-order chi connectivity index (χ0) is 29.9. The van der Waals surface area contributed by atoms with E-state index < -0.39 is 41.6 Å². The van der Waals surface area contributed by atoms with Gasteiger partial charge in [-0.2, -0.15) is 0 Å². The van der Waals surface area contributed by atoms with Gasteiger partial charge >= 0.3 is 249 Å². The first-order valence-corrected chi connectivity index (χ1v) is 22.9. The Hall–Kier alpha value is -1.74. The molecule has 0 unspecified atom stereocenters. The van der Waals surface area contributed by atoms with Gasteiger partial charge in [-0.25, -0.2) is 0 Å². The zero-order valence-electron chi connectivity index (χ0n) is 25.0. The van der Waals surface area contributed by atoms with Gasteiger partial charge < -0.3 is 0 Å². The Morgan fingerprint density at radius 2 is 1.49 bits per heavy atom. The molecule has 0 saturated carbocycles. The van der Waals surface area contributed by atoms with Crippen molar-refractivity contribution in [1.29, 1.82) is 0 Å². The first-order valence-electron chi connectivity index (χ1n) is 15.4. The normalized spacial score (nSPS) is 15.7. The Labute approximate surface area is 248 Å². The van der Waals surface area contributed by atoms with Crippen LogP contribution in [0.4, 0.5) is 18.0 Å². The fourth-order valence-electron chi connectivity index (χ4n) is 6.39. The van der Waals surface area contributed by atoms with E-state index in [1.54, 1.807) is 0 Å². The van der Waals surface area contributed by atoms with Crippen LogP contribution in [0.2, 0.25) is 13.3 Å². The van der Waals surface area contributed by atoms with Crippen LogP contribution in [0, 0.1) is 0 Å². The number of alkyl halides is 3. The molecule has 8 heteroatoms. The van der Waals surface area contributed by atoms with Gasteiger partial charge in [-0.15, -0.1) is 0 Å². The molecule has 0 radical (unpaired) electrons. The fourth-order valence-corrected chi connectivity index (χ4v) is 22.5. The number of piperidine rings is 1. The van der Waals surface area contributed by atoms with E-state index in [9.17, 15) is 23.1 Å². The predicted octanol–water partition coefficient (Wildman–Crippen LogP) is 7.66. The molecular weight excluding hydrogens is 634 g/mol. The second-order valence-electron chi connectivity index (χ2n) is 11.9. The van der Waals surface area contributed by atoms with Crippen molar-refractivity contribution in [3.05, 3.63) is 65.2 Å². The molecule has 0 spiro atoms. The third kappa shape index (κ3) is 9.12. The number of amides is 1. The average molecular weight is 681 g/mol. The second-order valence-corrected chi connectivity index (χ2v) is 25.1. The Morgan fingerprint density at radius 3 is 1.98 bits per heavy atom. The molecule has 0 aliphatic carbocycles. The molecule has 1 fully saturated rings. The number of halogens is 3. The summed E-state index contributed by atoms with van der Waals surface area (Å²) in [6, 6.07) is 14.7. The Balaban J connectivity index is 1.92. The van der Waals surface area contributed by atoms with E-state index in [1.807, 2.05) is 30.3 Å². The molecule has 1 saturated heterocycles. The van der Waals surface area contributed by atoms with E-state index in [1.165, 1.54) is 17.0 Å². The topological polar surface area (TPSA) is 52.6 Å². The molecule has 1 amide bonds. The van der Waals surface area contributed by atoms with Crippen molar-refractivity contribution in [3.8, 4) is 0 Å². The molecule has 0 bridgehead atoms. The Morgan fingerprint density at radius 1 is 0.927 bits per heavy atom. The molecule has 0 aromatic heterocycles. The fraction of sp³-hybridized carbons (Fsp3) is 0.606. The molecule has 1 aliphatic heterocycles. The van der Waals surface area contributed by atoms with Crippen LogP contribution in [0.5, 0.6) is 0 Å². The van der Waals surface area contributed by atoms with Crippen LogP contribution < -0.4 is 8.69 Å². The minimum atomic E-state index is -4.41. The van der Waals surface area contributed by atoms with Gasteiger partial charge in [0.1, 0.15) is 0 Å². The Kier molecular flexibility index (Phi) is 12.9. The maximum absolute atomic E-state index is 14.2. The number of ether oxygens (including phenoxy) is 1. The van der Waals surface area contributed by atoms with Crippen LogP contribution in [-0.2, 0) is 22.9 Å². The molecule has 2 aromatic rings. The summed E-state index contributed by atoms with van der Waals surface area (Å²) in [5, 5.41) is 11.4.